The number of hydroxylamine groups is 1. The predicted octanol–water partition coefficient (Wildman–Crippen LogP) is -1.01. The van der Waals surface area contributed by atoms with Crippen LogP contribution in [0.1, 0.15) is 6.42 Å². The second-order valence-electron chi connectivity index (χ2n) is 3.43. The molecular formula is C8H15N3O4. The van der Waals surface area contributed by atoms with Crippen LogP contribution >= 0.6 is 0 Å². The van der Waals surface area contributed by atoms with Crippen molar-refractivity contribution in [3.8, 4) is 0 Å². The van der Waals surface area contributed by atoms with E-state index in [1.165, 1.54) is 0 Å². The minimum Gasteiger partial charge on any atom is -0.479 e. The van der Waals surface area contributed by atoms with E-state index in [4.69, 9.17) is 10.8 Å². The molecule has 2 amide bonds. The van der Waals surface area contributed by atoms with Gasteiger partial charge in [-0.2, -0.15) is 0 Å². The Hall–Kier alpha value is -1.34. The Balaban J connectivity index is 2.20. The SMILES string of the molecule is NCC1CCN(C(=O)NOCC(=O)O)C1. The average molecular weight is 217 g/mol. The molecule has 7 nitrogen and oxygen atoms in total. The Labute approximate surface area is 87.1 Å². The highest BCUT2D eigenvalue weighted by Crippen LogP contribution is 2.14. The van der Waals surface area contributed by atoms with Crippen LogP contribution in [0.3, 0.4) is 0 Å². The first-order valence-electron chi connectivity index (χ1n) is 4.72. The quantitative estimate of drug-likeness (QED) is 0.523. The van der Waals surface area contributed by atoms with Gasteiger partial charge in [0.05, 0.1) is 0 Å². The number of carboxylic acid groups (broad SMARTS) is 1. The van der Waals surface area contributed by atoms with E-state index in [2.05, 4.69) is 10.3 Å². The van der Waals surface area contributed by atoms with Gasteiger partial charge in [-0.3, -0.25) is 4.84 Å². The number of carbonyl (C=O) groups excluding carboxylic acids is 1. The molecule has 1 heterocycles. The van der Waals surface area contributed by atoms with Crippen LogP contribution in [0.5, 0.6) is 0 Å². The molecule has 1 saturated heterocycles. The first-order valence-corrected chi connectivity index (χ1v) is 4.72. The lowest BCUT2D eigenvalue weighted by atomic mass is 10.1. The topological polar surface area (TPSA) is 105 Å². The van der Waals surface area contributed by atoms with Crippen molar-refractivity contribution in [1.29, 1.82) is 0 Å². The fourth-order valence-corrected chi connectivity index (χ4v) is 1.43. The molecule has 0 aromatic heterocycles. The molecule has 4 N–H and O–H groups in total. The molecular weight excluding hydrogens is 202 g/mol. The molecule has 1 fully saturated rings. The minimum absolute atomic E-state index is 0.329. The Morgan fingerprint density at radius 2 is 2.33 bits per heavy atom. The van der Waals surface area contributed by atoms with Gasteiger partial charge in [-0.05, 0) is 18.9 Å². The third-order valence-corrected chi connectivity index (χ3v) is 2.26. The van der Waals surface area contributed by atoms with Crippen LogP contribution in [0.2, 0.25) is 0 Å². The van der Waals surface area contributed by atoms with Crippen LogP contribution in [0.25, 0.3) is 0 Å². The summed E-state index contributed by atoms with van der Waals surface area (Å²) in [5, 5.41) is 8.27. The minimum atomic E-state index is -1.13. The number of nitrogens with one attached hydrogen (secondary N) is 1. The number of urea groups is 1. The molecule has 0 bridgehead atoms. The molecule has 1 aliphatic rings. The zero-order chi connectivity index (χ0) is 11.3. The summed E-state index contributed by atoms with van der Waals surface area (Å²) >= 11 is 0. The number of amides is 2. The van der Waals surface area contributed by atoms with Gasteiger partial charge in [0.25, 0.3) is 0 Å². The highest BCUT2D eigenvalue weighted by atomic mass is 16.7. The summed E-state index contributed by atoms with van der Waals surface area (Å²) in [6.45, 7) is 1.24. The van der Waals surface area contributed by atoms with Gasteiger partial charge in [-0.15, -0.1) is 0 Å². The van der Waals surface area contributed by atoms with Crippen LogP contribution in [0, 0.1) is 5.92 Å². The number of carbonyl (C=O) groups is 2. The maximum absolute atomic E-state index is 11.3. The first kappa shape index (κ1) is 11.7. The molecule has 0 aromatic rings. The molecule has 1 unspecified atom stereocenters. The third-order valence-electron chi connectivity index (χ3n) is 2.26. The van der Waals surface area contributed by atoms with Crippen molar-refractivity contribution in [3.05, 3.63) is 0 Å². The van der Waals surface area contributed by atoms with Gasteiger partial charge in [0.15, 0.2) is 6.61 Å². The smallest absolute Gasteiger partial charge is 0.341 e. The lowest BCUT2D eigenvalue weighted by molar-refractivity contribution is -0.144. The molecule has 7 heteroatoms. The highest BCUT2D eigenvalue weighted by molar-refractivity contribution is 5.74. The lowest BCUT2D eigenvalue weighted by Crippen LogP contribution is -2.39. The van der Waals surface area contributed by atoms with Crippen molar-refractivity contribution in [2.45, 2.75) is 6.42 Å². The number of likely N-dealkylation sites (tertiary alicyclic amines) is 1. The highest BCUT2D eigenvalue weighted by Gasteiger charge is 2.25. The molecule has 0 radical (unpaired) electrons. The number of aliphatic carboxylic acids is 1. The van der Waals surface area contributed by atoms with Crippen molar-refractivity contribution in [2.24, 2.45) is 11.7 Å². The second-order valence-corrected chi connectivity index (χ2v) is 3.43. The van der Waals surface area contributed by atoms with Gasteiger partial charge in [0.2, 0.25) is 0 Å². The Kier molecular flexibility index (Phi) is 4.32. The monoisotopic (exact) mass is 217 g/mol. The van der Waals surface area contributed by atoms with Gasteiger partial charge in [-0.1, -0.05) is 0 Å². The number of nitrogens with zero attached hydrogens (tertiary/aromatic N) is 1. The molecule has 15 heavy (non-hydrogen) atoms. The summed E-state index contributed by atoms with van der Waals surface area (Å²) in [4.78, 5) is 27.5. The lowest BCUT2D eigenvalue weighted by Gasteiger charge is -2.16. The van der Waals surface area contributed by atoms with E-state index in [1.54, 1.807) is 4.90 Å². The summed E-state index contributed by atoms with van der Waals surface area (Å²) in [6, 6.07) is -0.410. The Morgan fingerprint density at radius 3 is 2.87 bits per heavy atom. The van der Waals surface area contributed by atoms with E-state index in [0.29, 0.717) is 25.6 Å². The third kappa shape index (κ3) is 3.72. The Bertz CT molecular complexity index is 246. The predicted molar refractivity (Wildman–Crippen MR) is 50.9 cm³/mol. The van der Waals surface area contributed by atoms with E-state index < -0.39 is 18.6 Å². The summed E-state index contributed by atoms with van der Waals surface area (Å²) in [6.07, 6.45) is 0.878. The fourth-order valence-electron chi connectivity index (χ4n) is 1.43. The van der Waals surface area contributed by atoms with E-state index in [0.717, 1.165) is 6.42 Å². The zero-order valence-electron chi connectivity index (χ0n) is 8.31. The molecule has 1 atom stereocenters. The largest absolute Gasteiger partial charge is 0.479 e. The van der Waals surface area contributed by atoms with Gasteiger partial charge in [0.1, 0.15) is 0 Å². The molecule has 0 aliphatic carbocycles. The zero-order valence-corrected chi connectivity index (χ0v) is 8.31. The normalized spacial score (nSPS) is 20.3. The molecule has 0 saturated carbocycles. The molecule has 1 aliphatic heterocycles. The van der Waals surface area contributed by atoms with Crippen molar-refractivity contribution in [1.82, 2.24) is 10.4 Å². The van der Waals surface area contributed by atoms with Gasteiger partial charge in [-0.25, -0.2) is 15.1 Å². The van der Waals surface area contributed by atoms with Crippen LogP contribution in [0.15, 0.2) is 0 Å². The number of hydrogen-bond donors (Lipinski definition) is 3. The summed E-state index contributed by atoms with van der Waals surface area (Å²) in [5.74, 6) is -0.799. The van der Waals surface area contributed by atoms with E-state index >= 15 is 0 Å². The van der Waals surface area contributed by atoms with E-state index in [1.807, 2.05) is 0 Å². The van der Waals surface area contributed by atoms with Crippen LogP contribution in [-0.4, -0.2) is 48.2 Å². The van der Waals surface area contributed by atoms with Crippen molar-refractivity contribution in [3.63, 3.8) is 0 Å². The first-order chi connectivity index (χ1) is 7.13. The molecule has 86 valence electrons. The standard InChI is InChI=1S/C8H15N3O4/c9-3-6-1-2-11(4-6)8(14)10-15-5-7(12)13/h6H,1-5,9H2,(H,10,14)(H,12,13). The number of carboxylic acids is 1. The summed E-state index contributed by atoms with van der Waals surface area (Å²) in [7, 11) is 0. The number of rotatable bonds is 4. The fraction of sp³-hybridized carbons (Fsp3) is 0.750. The van der Waals surface area contributed by atoms with Crippen LogP contribution in [0.4, 0.5) is 4.79 Å². The average Bonchev–Trinajstić information content (AvgIpc) is 2.65. The molecule has 0 aromatic carbocycles. The molecule has 0 spiro atoms. The van der Waals surface area contributed by atoms with Gasteiger partial charge < -0.3 is 15.7 Å². The van der Waals surface area contributed by atoms with Gasteiger partial charge >= 0.3 is 12.0 Å². The van der Waals surface area contributed by atoms with Crippen molar-refractivity contribution >= 4 is 12.0 Å². The number of nitrogens with two attached hydrogens (primary N) is 1. The summed E-state index contributed by atoms with van der Waals surface area (Å²) in [5.41, 5.74) is 7.53. The van der Waals surface area contributed by atoms with Crippen LogP contribution in [-0.2, 0) is 9.63 Å². The number of hydrogen-bond acceptors (Lipinski definition) is 4. The van der Waals surface area contributed by atoms with E-state index in [-0.39, 0.29) is 0 Å². The second kappa shape index (κ2) is 5.52. The van der Waals surface area contributed by atoms with Crippen LogP contribution < -0.4 is 11.2 Å². The molecule has 1 rings (SSSR count). The van der Waals surface area contributed by atoms with Gasteiger partial charge in [0, 0.05) is 13.1 Å². The van der Waals surface area contributed by atoms with Crippen molar-refractivity contribution in [2.75, 3.05) is 26.2 Å². The maximum Gasteiger partial charge on any atom is 0.341 e. The Morgan fingerprint density at radius 1 is 1.60 bits per heavy atom. The maximum atomic E-state index is 11.3. The summed E-state index contributed by atoms with van der Waals surface area (Å²) < 4.78 is 0. The van der Waals surface area contributed by atoms with Crippen molar-refractivity contribution < 1.29 is 19.5 Å². The van der Waals surface area contributed by atoms with E-state index in [9.17, 15) is 9.59 Å².